The average molecular weight is 511 g/mol. The van der Waals surface area contributed by atoms with Crippen LogP contribution in [0.25, 0.3) is 76.5 Å². The first-order chi connectivity index (χ1) is 19.6. The summed E-state index contributed by atoms with van der Waals surface area (Å²) in [5, 5.41) is 10.1. The van der Waals surface area contributed by atoms with Crippen molar-refractivity contribution in [1.29, 1.82) is 0 Å². The van der Waals surface area contributed by atoms with Crippen molar-refractivity contribution in [2.75, 3.05) is 0 Å². The van der Waals surface area contributed by atoms with Crippen LogP contribution in [-0.4, -0.2) is 0 Å². The molecule has 7 aromatic carbocycles. The zero-order valence-electron chi connectivity index (χ0n) is 22.5. The highest BCUT2D eigenvalue weighted by Gasteiger charge is 2.36. The molecule has 1 aliphatic carbocycles. The van der Waals surface area contributed by atoms with Gasteiger partial charge in [0.25, 0.3) is 0 Å². The van der Waals surface area contributed by atoms with Gasteiger partial charge < -0.3 is 4.42 Å². The van der Waals surface area contributed by atoms with Gasteiger partial charge in [0.1, 0.15) is 11.2 Å². The number of fused-ring (bicyclic) bond motifs is 12. The van der Waals surface area contributed by atoms with Crippen LogP contribution < -0.4 is 0 Å². The Morgan fingerprint density at radius 1 is 0.425 bits per heavy atom. The van der Waals surface area contributed by atoms with Crippen LogP contribution in [0.1, 0.15) is 25.0 Å². The van der Waals surface area contributed by atoms with E-state index in [0.29, 0.717) is 0 Å². The molecule has 0 bridgehead atoms. The molecule has 188 valence electrons. The van der Waals surface area contributed by atoms with E-state index in [0.717, 1.165) is 11.2 Å². The van der Waals surface area contributed by atoms with E-state index in [4.69, 9.17) is 4.42 Å². The lowest BCUT2D eigenvalue weighted by atomic mass is 9.82. The summed E-state index contributed by atoms with van der Waals surface area (Å²) < 4.78 is 6.55. The van der Waals surface area contributed by atoms with Crippen molar-refractivity contribution < 1.29 is 4.42 Å². The highest BCUT2D eigenvalue weighted by Crippen LogP contribution is 2.51. The maximum Gasteiger partial charge on any atom is 0.136 e. The molecule has 1 heteroatoms. The molecule has 1 nitrogen and oxygen atoms in total. The summed E-state index contributed by atoms with van der Waals surface area (Å²) in [5.41, 5.74) is 9.64. The molecule has 0 unspecified atom stereocenters. The molecule has 9 rings (SSSR count). The third-order valence-corrected chi connectivity index (χ3v) is 9.25. The first-order valence-electron chi connectivity index (χ1n) is 14.0. The SMILES string of the molecule is CC1(C)c2ccccc2-c2cc3c(cc21)oc1cccc(-c2ccc4c5ccccc5c5ccccc5c4c2)c13. The lowest BCUT2D eigenvalue weighted by Crippen LogP contribution is -2.14. The van der Waals surface area contributed by atoms with Gasteiger partial charge in [0, 0.05) is 16.2 Å². The lowest BCUT2D eigenvalue weighted by Gasteiger charge is -2.21. The van der Waals surface area contributed by atoms with Crippen molar-refractivity contribution >= 4 is 54.3 Å². The topological polar surface area (TPSA) is 13.1 Å². The summed E-state index contributed by atoms with van der Waals surface area (Å²) in [6, 6.07) is 44.5. The van der Waals surface area contributed by atoms with Gasteiger partial charge in [0.15, 0.2) is 0 Å². The molecule has 40 heavy (non-hydrogen) atoms. The minimum atomic E-state index is -0.0515. The van der Waals surface area contributed by atoms with E-state index < -0.39 is 0 Å². The van der Waals surface area contributed by atoms with Gasteiger partial charge in [-0.1, -0.05) is 111 Å². The second-order valence-corrected chi connectivity index (χ2v) is 11.7. The minimum absolute atomic E-state index is 0.0515. The predicted molar refractivity (Wildman–Crippen MR) is 169 cm³/mol. The number of benzene rings is 7. The summed E-state index contributed by atoms with van der Waals surface area (Å²) in [5.74, 6) is 0. The normalized spacial score (nSPS) is 13.9. The van der Waals surface area contributed by atoms with E-state index >= 15 is 0 Å². The minimum Gasteiger partial charge on any atom is -0.456 e. The van der Waals surface area contributed by atoms with Gasteiger partial charge in [-0.3, -0.25) is 0 Å². The van der Waals surface area contributed by atoms with Crippen molar-refractivity contribution in [2.24, 2.45) is 0 Å². The van der Waals surface area contributed by atoms with Gasteiger partial charge in [0.2, 0.25) is 0 Å². The Hall–Kier alpha value is -4.88. The number of furan rings is 1. The van der Waals surface area contributed by atoms with E-state index in [2.05, 4.69) is 135 Å². The smallest absolute Gasteiger partial charge is 0.136 e. The lowest BCUT2D eigenvalue weighted by molar-refractivity contribution is 0.647. The summed E-state index contributed by atoms with van der Waals surface area (Å²) in [6.07, 6.45) is 0. The summed E-state index contributed by atoms with van der Waals surface area (Å²) in [6.45, 7) is 4.64. The van der Waals surface area contributed by atoms with E-state index in [-0.39, 0.29) is 5.41 Å². The number of rotatable bonds is 1. The third kappa shape index (κ3) is 2.77. The highest BCUT2D eigenvalue weighted by atomic mass is 16.3. The maximum atomic E-state index is 6.55. The standard InChI is InChI=1S/C39H26O/c1-39(2)34-16-8-7-14-30(34)32-21-33-37(22-35(32)39)40-36-17-9-15-24(38(33)36)23-18-19-29-27-12-4-3-10-25(27)26-11-5-6-13-28(26)31(29)20-23/h3-22H,1-2H3. The fraction of sp³-hybridized carbons (Fsp3) is 0.0769. The van der Waals surface area contributed by atoms with Crippen molar-refractivity contribution in [2.45, 2.75) is 19.3 Å². The van der Waals surface area contributed by atoms with E-state index in [1.807, 2.05) is 0 Å². The first-order valence-corrected chi connectivity index (χ1v) is 14.0. The van der Waals surface area contributed by atoms with Crippen LogP contribution in [0.5, 0.6) is 0 Å². The summed E-state index contributed by atoms with van der Waals surface area (Å²) in [4.78, 5) is 0. The van der Waals surface area contributed by atoms with Gasteiger partial charge in [-0.15, -0.1) is 0 Å². The molecule has 0 amide bonds. The van der Waals surface area contributed by atoms with Crippen molar-refractivity contribution in [3.63, 3.8) is 0 Å². The molecule has 0 saturated carbocycles. The van der Waals surface area contributed by atoms with Gasteiger partial charge in [-0.2, -0.15) is 0 Å². The average Bonchev–Trinajstić information content (AvgIpc) is 3.48. The number of hydrogen-bond acceptors (Lipinski definition) is 1. The Balaban J connectivity index is 1.35. The quantitative estimate of drug-likeness (QED) is 0.200. The van der Waals surface area contributed by atoms with E-state index in [1.165, 1.54) is 76.5 Å². The molecule has 0 fully saturated rings. The van der Waals surface area contributed by atoms with Crippen LogP contribution in [0.3, 0.4) is 0 Å². The van der Waals surface area contributed by atoms with Crippen LogP contribution in [0.4, 0.5) is 0 Å². The molecule has 0 atom stereocenters. The molecule has 0 N–H and O–H groups in total. The number of hydrogen-bond donors (Lipinski definition) is 0. The van der Waals surface area contributed by atoms with Crippen LogP contribution in [-0.2, 0) is 5.41 Å². The Bertz CT molecular complexity index is 2310. The van der Waals surface area contributed by atoms with Gasteiger partial charge in [0.05, 0.1) is 0 Å². The zero-order chi connectivity index (χ0) is 26.6. The predicted octanol–water partition coefficient (Wildman–Crippen LogP) is 11.0. The molecular weight excluding hydrogens is 484 g/mol. The fourth-order valence-electron chi connectivity index (χ4n) is 7.34. The fourth-order valence-corrected chi connectivity index (χ4v) is 7.34. The summed E-state index contributed by atoms with van der Waals surface area (Å²) in [7, 11) is 0. The molecule has 8 aromatic rings. The Kier molecular flexibility index (Phi) is 4.18. The molecule has 1 aliphatic rings. The molecule has 0 aliphatic heterocycles. The Morgan fingerprint density at radius 2 is 1.05 bits per heavy atom. The van der Waals surface area contributed by atoms with Crippen molar-refractivity contribution in [1.82, 2.24) is 0 Å². The van der Waals surface area contributed by atoms with Gasteiger partial charge in [-0.25, -0.2) is 0 Å². The molecule has 1 aromatic heterocycles. The van der Waals surface area contributed by atoms with Gasteiger partial charge >= 0.3 is 0 Å². The Morgan fingerprint density at radius 3 is 1.80 bits per heavy atom. The molecule has 0 spiro atoms. The van der Waals surface area contributed by atoms with E-state index in [1.54, 1.807) is 0 Å². The molecule has 0 saturated heterocycles. The second kappa shape index (κ2) is 7.61. The molecule has 0 radical (unpaired) electrons. The van der Waals surface area contributed by atoms with E-state index in [9.17, 15) is 0 Å². The van der Waals surface area contributed by atoms with Crippen LogP contribution >= 0.6 is 0 Å². The second-order valence-electron chi connectivity index (χ2n) is 11.7. The van der Waals surface area contributed by atoms with Crippen molar-refractivity contribution in [3.05, 3.63) is 132 Å². The van der Waals surface area contributed by atoms with Crippen LogP contribution in [0.2, 0.25) is 0 Å². The van der Waals surface area contributed by atoms with Crippen LogP contribution in [0.15, 0.2) is 126 Å². The highest BCUT2D eigenvalue weighted by molar-refractivity contribution is 6.26. The summed E-state index contributed by atoms with van der Waals surface area (Å²) >= 11 is 0. The monoisotopic (exact) mass is 510 g/mol. The Labute approximate surface area is 232 Å². The maximum absolute atomic E-state index is 6.55. The van der Waals surface area contributed by atoms with Crippen molar-refractivity contribution in [3.8, 4) is 22.3 Å². The largest absolute Gasteiger partial charge is 0.456 e. The molecular formula is C39H26O. The molecule has 1 heterocycles. The zero-order valence-corrected chi connectivity index (χ0v) is 22.5. The first kappa shape index (κ1) is 22.0. The van der Waals surface area contributed by atoms with Gasteiger partial charge in [-0.05, 0) is 90.0 Å². The van der Waals surface area contributed by atoms with Crippen LogP contribution in [0, 0.1) is 0 Å². The third-order valence-electron chi connectivity index (χ3n) is 9.25.